The van der Waals surface area contributed by atoms with E-state index in [1.807, 2.05) is 23.1 Å². The van der Waals surface area contributed by atoms with E-state index in [9.17, 15) is 19.8 Å². The molecular formula is C28H39NO7S. The van der Waals surface area contributed by atoms with E-state index in [2.05, 4.69) is 12.1 Å². The predicted molar refractivity (Wildman–Crippen MR) is 143 cm³/mol. The highest BCUT2D eigenvalue weighted by molar-refractivity contribution is 7.13. The minimum absolute atomic E-state index is 0.163. The summed E-state index contributed by atoms with van der Waals surface area (Å²) in [5.41, 5.74) is 2.22. The number of unbranched alkanes of at least 4 members (excludes halogenated alkanes) is 3. The van der Waals surface area contributed by atoms with Crippen molar-refractivity contribution in [2.75, 3.05) is 24.7 Å². The van der Waals surface area contributed by atoms with Gasteiger partial charge in [-0.2, -0.15) is 0 Å². The van der Waals surface area contributed by atoms with Crippen LogP contribution >= 0.6 is 11.3 Å². The summed E-state index contributed by atoms with van der Waals surface area (Å²) in [4.78, 5) is 28.2. The summed E-state index contributed by atoms with van der Waals surface area (Å²) in [6.07, 6.45) is 6.40. The van der Waals surface area contributed by atoms with E-state index in [1.165, 1.54) is 16.9 Å². The molecule has 0 bridgehead atoms. The third-order valence-electron chi connectivity index (χ3n) is 6.75. The number of thiophene rings is 1. The second-order valence-electron chi connectivity index (χ2n) is 9.58. The Morgan fingerprint density at radius 3 is 2.46 bits per heavy atom. The van der Waals surface area contributed by atoms with Crippen LogP contribution in [0.2, 0.25) is 0 Å². The number of hydrogen-bond acceptors (Lipinski definition) is 8. The average Bonchev–Trinajstić information content (AvgIpc) is 3.53. The maximum Gasteiger partial charge on any atom is 0.348 e. The first kappa shape index (κ1) is 29.3. The number of aliphatic hydroxyl groups is 4. The zero-order chi connectivity index (χ0) is 26.6. The van der Waals surface area contributed by atoms with Crippen LogP contribution in [0.1, 0.15) is 71.5 Å². The van der Waals surface area contributed by atoms with Gasteiger partial charge >= 0.3 is 5.97 Å². The van der Waals surface area contributed by atoms with Crippen molar-refractivity contribution in [3.8, 4) is 0 Å². The number of aryl methyl sites for hydroxylation is 2. The Labute approximate surface area is 222 Å². The Morgan fingerprint density at radius 2 is 1.73 bits per heavy atom. The van der Waals surface area contributed by atoms with Crippen LogP contribution in [0, 0.1) is 0 Å². The molecule has 1 aliphatic rings. The van der Waals surface area contributed by atoms with Gasteiger partial charge < -0.3 is 30.1 Å². The van der Waals surface area contributed by atoms with E-state index < -0.39 is 24.8 Å². The molecule has 4 N–H and O–H groups in total. The molecule has 0 saturated carbocycles. The average molecular weight is 534 g/mol. The number of ether oxygens (including phenoxy) is 1. The second kappa shape index (κ2) is 15.2. The molecule has 2 heterocycles. The van der Waals surface area contributed by atoms with Crippen LogP contribution in [-0.2, 0) is 22.4 Å². The fourth-order valence-corrected chi connectivity index (χ4v) is 5.53. The number of rotatable bonds is 16. The van der Waals surface area contributed by atoms with Gasteiger partial charge in [-0.1, -0.05) is 25.0 Å². The Morgan fingerprint density at radius 1 is 0.973 bits per heavy atom. The van der Waals surface area contributed by atoms with E-state index in [0.29, 0.717) is 11.3 Å². The highest BCUT2D eigenvalue weighted by Gasteiger charge is 2.31. The molecule has 1 aromatic heterocycles. The third-order valence-corrected chi connectivity index (χ3v) is 7.88. The first-order valence-corrected chi connectivity index (χ1v) is 14.0. The monoisotopic (exact) mass is 533 g/mol. The predicted octanol–water partition coefficient (Wildman–Crippen LogP) is 3.23. The lowest BCUT2D eigenvalue weighted by atomic mass is 10.0. The number of esters is 1. The van der Waals surface area contributed by atoms with Crippen LogP contribution in [0.15, 0.2) is 36.4 Å². The molecule has 1 aliphatic heterocycles. The minimum Gasteiger partial charge on any atom is -0.459 e. The molecule has 2 aromatic rings. The number of amides is 1. The Bertz CT molecular complexity index is 977. The topological polar surface area (TPSA) is 128 Å². The van der Waals surface area contributed by atoms with Crippen molar-refractivity contribution in [2.45, 2.75) is 82.5 Å². The molecule has 0 spiro atoms. The first-order valence-electron chi connectivity index (χ1n) is 13.2. The number of benzene rings is 1. The molecule has 204 valence electrons. The van der Waals surface area contributed by atoms with Gasteiger partial charge in [-0.05, 0) is 74.8 Å². The van der Waals surface area contributed by atoms with Gasteiger partial charge in [-0.15, -0.1) is 11.3 Å². The molecule has 8 nitrogen and oxygen atoms in total. The Kier molecular flexibility index (Phi) is 12.0. The van der Waals surface area contributed by atoms with E-state index in [-0.39, 0.29) is 25.2 Å². The number of hydrogen-bond donors (Lipinski definition) is 4. The van der Waals surface area contributed by atoms with Crippen LogP contribution in [0.5, 0.6) is 0 Å². The van der Waals surface area contributed by atoms with E-state index in [1.54, 1.807) is 6.07 Å². The van der Waals surface area contributed by atoms with E-state index in [0.717, 1.165) is 68.4 Å². The van der Waals surface area contributed by atoms with Crippen LogP contribution in [0.3, 0.4) is 0 Å². The van der Waals surface area contributed by atoms with Crippen LogP contribution in [0.25, 0.3) is 0 Å². The fraction of sp³-hybridized carbons (Fsp3) is 0.571. The van der Waals surface area contributed by atoms with Crippen molar-refractivity contribution in [3.63, 3.8) is 0 Å². The molecule has 0 aliphatic carbocycles. The summed E-state index contributed by atoms with van der Waals surface area (Å²) in [7, 11) is 0. The van der Waals surface area contributed by atoms with Crippen molar-refractivity contribution in [1.29, 1.82) is 0 Å². The van der Waals surface area contributed by atoms with Gasteiger partial charge in [0.05, 0.1) is 6.61 Å². The van der Waals surface area contributed by atoms with Crippen molar-refractivity contribution in [1.82, 2.24) is 0 Å². The van der Waals surface area contributed by atoms with Crippen molar-refractivity contribution >= 4 is 28.9 Å². The number of nitrogens with zero attached hydrogens (tertiary/aromatic N) is 1. The summed E-state index contributed by atoms with van der Waals surface area (Å²) in [5, 5.41) is 36.7. The molecule has 1 amide bonds. The summed E-state index contributed by atoms with van der Waals surface area (Å²) < 4.78 is 5.03. The summed E-state index contributed by atoms with van der Waals surface area (Å²) >= 11 is 1.34. The molecule has 3 rings (SSSR count). The van der Waals surface area contributed by atoms with Gasteiger partial charge in [0.25, 0.3) is 0 Å². The van der Waals surface area contributed by atoms with Crippen LogP contribution in [-0.4, -0.2) is 70.4 Å². The summed E-state index contributed by atoms with van der Waals surface area (Å²) in [5.74, 6) is -0.405. The largest absolute Gasteiger partial charge is 0.459 e. The number of carbonyl (C=O) groups is 2. The first-order chi connectivity index (χ1) is 17.9. The zero-order valence-corrected chi connectivity index (χ0v) is 22.1. The maximum atomic E-state index is 12.6. The SMILES string of the molecule is O=C(OC[C@@H](O)[C@H](O)CO)c1ccc(CCC[C@H]2CCC(=O)N2c2ccc(CCCCCCO)cc2)s1. The summed E-state index contributed by atoms with van der Waals surface area (Å²) in [6, 6.07) is 12.1. The van der Waals surface area contributed by atoms with Gasteiger partial charge in [-0.3, -0.25) is 4.79 Å². The van der Waals surface area contributed by atoms with Gasteiger partial charge in [-0.25, -0.2) is 4.79 Å². The highest BCUT2D eigenvalue weighted by Crippen LogP contribution is 2.30. The molecule has 0 radical (unpaired) electrons. The molecule has 1 aromatic carbocycles. The molecule has 9 heteroatoms. The smallest absolute Gasteiger partial charge is 0.348 e. The van der Waals surface area contributed by atoms with Crippen molar-refractivity contribution in [3.05, 3.63) is 51.7 Å². The number of anilines is 1. The molecule has 0 unspecified atom stereocenters. The molecular weight excluding hydrogens is 494 g/mol. The standard InChI is InChI=1S/C28H39NO7S/c30-17-4-2-1-3-6-20-9-11-22(12-10-20)29-21(13-16-27(29)34)7-5-8-23-14-15-26(37-23)28(35)36-19-25(33)24(32)18-31/h9-12,14-15,21,24-25,30-33H,1-8,13,16-19H2/t21-,24+,25+/m0/s1. The van der Waals surface area contributed by atoms with Crippen LogP contribution in [0.4, 0.5) is 5.69 Å². The molecule has 3 atom stereocenters. The van der Waals surface area contributed by atoms with Crippen molar-refractivity contribution in [2.24, 2.45) is 0 Å². The fourth-order valence-electron chi connectivity index (χ4n) is 4.59. The Hall–Kier alpha value is -2.30. The van der Waals surface area contributed by atoms with Gasteiger partial charge in [0.2, 0.25) is 5.91 Å². The summed E-state index contributed by atoms with van der Waals surface area (Å²) in [6.45, 7) is -0.734. The normalized spacial score (nSPS) is 17.2. The molecule has 37 heavy (non-hydrogen) atoms. The lowest BCUT2D eigenvalue weighted by molar-refractivity contribution is -0.117. The van der Waals surface area contributed by atoms with Gasteiger partial charge in [0, 0.05) is 29.6 Å². The van der Waals surface area contributed by atoms with Crippen molar-refractivity contribution < 1.29 is 34.8 Å². The van der Waals surface area contributed by atoms with E-state index in [4.69, 9.17) is 14.9 Å². The highest BCUT2D eigenvalue weighted by atomic mass is 32.1. The quantitative estimate of drug-likeness (QED) is 0.193. The lowest BCUT2D eigenvalue weighted by Gasteiger charge is -2.25. The van der Waals surface area contributed by atoms with Crippen LogP contribution < -0.4 is 4.90 Å². The molecule has 1 saturated heterocycles. The molecule has 1 fully saturated rings. The van der Waals surface area contributed by atoms with E-state index >= 15 is 0 Å². The van der Waals surface area contributed by atoms with Gasteiger partial charge in [0.15, 0.2) is 0 Å². The second-order valence-corrected chi connectivity index (χ2v) is 10.8. The Balaban J connectivity index is 1.45. The van der Waals surface area contributed by atoms with Gasteiger partial charge in [0.1, 0.15) is 23.7 Å². The third kappa shape index (κ3) is 8.90. The zero-order valence-electron chi connectivity index (χ0n) is 21.3. The minimum atomic E-state index is -1.35. The number of carbonyl (C=O) groups excluding carboxylic acids is 2. The lowest BCUT2D eigenvalue weighted by Crippen LogP contribution is -2.34. The number of aliphatic hydroxyl groups excluding tert-OH is 4. The maximum absolute atomic E-state index is 12.6.